The molecule has 0 bridgehead atoms. The van der Waals surface area contributed by atoms with Crippen LogP contribution < -0.4 is 0 Å². The summed E-state index contributed by atoms with van der Waals surface area (Å²) in [6, 6.07) is 16.4. The Kier molecular flexibility index (Phi) is 4.87. The predicted octanol–water partition coefficient (Wildman–Crippen LogP) is 6.91. The number of carbonyl (C=O) groups is 1. The first-order valence-electron chi connectivity index (χ1n) is 9.10. The normalized spacial score (nSPS) is 17.0. The van der Waals surface area contributed by atoms with Gasteiger partial charge in [0.05, 0.1) is 0 Å². The van der Waals surface area contributed by atoms with E-state index in [0.717, 1.165) is 19.1 Å². The molecule has 4 rings (SSSR count). The molecule has 3 aromatic rings. The molecular formula is C22H23BrINO3. The van der Waals surface area contributed by atoms with Gasteiger partial charge in [0.2, 0.25) is 0 Å². The topological polar surface area (TPSA) is 40.5 Å². The first-order chi connectivity index (χ1) is 13.1. The van der Waals surface area contributed by atoms with Crippen molar-refractivity contribution in [3.8, 4) is 0 Å². The number of nitrogens with zero attached hydrogens (tertiary/aromatic N) is 1. The van der Waals surface area contributed by atoms with Crippen molar-refractivity contribution in [1.82, 2.24) is 4.57 Å². The van der Waals surface area contributed by atoms with E-state index in [9.17, 15) is 4.79 Å². The Morgan fingerprint density at radius 2 is 1.86 bits per heavy atom. The van der Waals surface area contributed by atoms with E-state index in [4.69, 9.17) is 7.80 Å². The number of benzene rings is 2. The summed E-state index contributed by atoms with van der Waals surface area (Å²) < 4.78 is 17.2. The molecule has 0 aliphatic carbocycles. The zero-order chi connectivity index (χ0) is 20.3. The maximum atomic E-state index is 13.2. The summed E-state index contributed by atoms with van der Waals surface area (Å²) in [7, 11) is 0. The summed E-state index contributed by atoms with van der Waals surface area (Å²) in [6.07, 6.45) is -0.362. The van der Waals surface area contributed by atoms with Crippen molar-refractivity contribution < 1.29 is 12.6 Å². The number of halogens is 2. The number of hydrogen-bond acceptors (Lipinski definition) is 3. The Balaban J connectivity index is 1.93. The van der Waals surface area contributed by atoms with Gasteiger partial charge in [-0.3, -0.25) is 0 Å². The van der Waals surface area contributed by atoms with E-state index < -0.39 is 25.8 Å². The summed E-state index contributed by atoms with van der Waals surface area (Å²) in [6.45, 7) is 9.85. The van der Waals surface area contributed by atoms with Crippen LogP contribution in [-0.2, 0) is 13.4 Å². The van der Waals surface area contributed by atoms with Crippen LogP contribution in [0.15, 0.2) is 53.0 Å². The van der Waals surface area contributed by atoms with E-state index in [1.807, 2.05) is 51.1 Å². The van der Waals surface area contributed by atoms with Crippen molar-refractivity contribution in [3.63, 3.8) is 0 Å². The van der Waals surface area contributed by atoms with Crippen molar-refractivity contribution in [2.45, 2.75) is 45.8 Å². The molecule has 0 spiro atoms. The van der Waals surface area contributed by atoms with Crippen LogP contribution in [0.4, 0.5) is 4.79 Å². The zero-order valence-electron chi connectivity index (χ0n) is 16.5. The van der Waals surface area contributed by atoms with Crippen molar-refractivity contribution in [2.24, 2.45) is 0 Å². The molecule has 4 nitrogen and oxygen atoms in total. The molecule has 0 radical (unpaired) electrons. The monoisotopic (exact) mass is 555 g/mol. The van der Waals surface area contributed by atoms with Gasteiger partial charge in [-0.1, -0.05) is 0 Å². The molecule has 0 unspecified atom stereocenters. The fourth-order valence-corrected chi connectivity index (χ4v) is 9.43. The molecule has 0 N–H and O–H groups in total. The minimum absolute atomic E-state index is 0.362. The Hall–Kier alpha value is -1.38. The van der Waals surface area contributed by atoms with E-state index in [-0.39, 0.29) is 11.7 Å². The zero-order valence-corrected chi connectivity index (χ0v) is 20.3. The summed E-state index contributed by atoms with van der Waals surface area (Å²) in [4.78, 5) is 13.2. The summed E-state index contributed by atoms with van der Waals surface area (Å²) in [5, 5.41) is 1.01. The second-order valence-electron chi connectivity index (χ2n) is 8.30. The van der Waals surface area contributed by atoms with Crippen LogP contribution in [0, 0.1) is 7.27 Å². The molecule has 1 aliphatic rings. The molecule has 1 aliphatic heterocycles. The third-order valence-corrected chi connectivity index (χ3v) is 10.3. The quantitative estimate of drug-likeness (QED) is 0.306. The van der Waals surface area contributed by atoms with Gasteiger partial charge in [0, 0.05) is 0 Å². The van der Waals surface area contributed by atoms with Crippen LogP contribution >= 0.6 is 36.2 Å². The van der Waals surface area contributed by atoms with Gasteiger partial charge in [-0.15, -0.1) is 0 Å². The molecule has 0 fully saturated rings. The van der Waals surface area contributed by atoms with Crippen LogP contribution in [0.25, 0.3) is 10.9 Å². The Bertz CT molecular complexity index is 1080. The van der Waals surface area contributed by atoms with E-state index in [0.29, 0.717) is 0 Å². The maximum absolute atomic E-state index is 13.2. The van der Waals surface area contributed by atoms with Crippen molar-refractivity contribution in [2.75, 3.05) is 0 Å². The molecule has 1 aromatic heterocycles. The second kappa shape index (κ2) is 6.85. The number of carbonyl (C=O) groups excluding carboxylic acids is 1. The van der Waals surface area contributed by atoms with Crippen LogP contribution in [-0.4, -0.2) is 16.3 Å². The molecule has 2 heterocycles. The molecular weight excluding hydrogens is 533 g/mol. The van der Waals surface area contributed by atoms with Gasteiger partial charge in [-0.05, 0) is 0 Å². The van der Waals surface area contributed by atoms with Gasteiger partial charge in [-0.2, -0.15) is 0 Å². The Morgan fingerprint density at radius 3 is 2.57 bits per heavy atom. The average Bonchev–Trinajstić information content (AvgIpc) is 3.08. The Labute approximate surface area is 181 Å². The molecule has 0 saturated heterocycles. The molecule has 0 saturated carbocycles. The minimum atomic E-state index is -2.29. The fourth-order valence-electron chi connectivity index (χ4n) is 3.28. The van der Waals surface area contributed by atoms with Gasteiger partial charge in [0.1, 0.15) is 0 Å². The number of ether oxygens (including phenoxy) is 1. The molecule has 6 heteroatoms. The van der Waals surface area contributed by atoms with Crippen LogP contribution in [0.1, 0.15) is 40.2 Å². The van der Waals surface area contributed by atoms with Gasteiger partial charge in [-0.25, -0.2) is 0 Å². The summed E-state index contributed by atoms with van der Waals surface area (Å²) in [5.74, 6) is 0. The van der Waals surface area contributed by atoms with Crippen molar-refractivity contribution >= 4 is 53.2 Å². The number of fused-ring (bicyclic) bond motifs is 2. The molecule has 148 valence electrons. The van der Waals surface area contributed by atoms with E-state index in [1.54, 1.807) is 4.57 Å². The number of hydrogen-bond donors (Lipinski definition) is 0. The van der Waals surface area contributed by atoms with Crippen LogP contribution in [0.2, 0.25) is 0 Å². The predicted molar refractivity (Wildman–Crippen MR) is 123 cm³/mol. The van der Waals surface area contributed by atoms with Gasteiger partial charge in [0.15, 0.2) is 0 Å². The molecule has 0 atom stereocenters. The first kappa shape index (κ1) is 19.9. The SMILES string of the molecule is CC(C)(C)OC(=O)n1c(I2OC(C)(C)c3ccccc32)cc2ccc(Br)cc21. The standard InChI is InChI=1S/C22H23BrINO3/c1-21(2,3)27-20(26)25-18-13-15(23)11-10-14(18)12-19(25)24-17-9-7-6-8-16(17)22(4,5)28-24/h6-13H,1-5H3. The van der Waals surface area contributed by atoms with E-state index >= 15 is 0 Å². The second-order valence-corrected chi connectivity index (χ2v) is 13.3. The molecule has 28 heavy (non-hydrogen) atoms. The Morgan fingerprint density at radius 1 is 1.14 bits per heavy atom. The van der Waals surface area contributed by atoms with Crippen LogP contribution in [0.5, 0.6) is 0 Å². The number of rotatable bonds is 1. The van der Waals surface area contributed by atoms with Crippen LogP contribution in [0.3, 0.4) is 0 Å². The van der Waals surface area contributed by atoms with E-state index in [1.165, 1.54) is 9.13 Å². The van der Waals surface area contributed by atoms with Gasteiger partial charge >= 0.3 is 182 Å². The number of aromatic nitrogens is 1. The summed E-state index contributed by atoms with van der Waals surface area (Å²) in [5.41, 5.74) is 1.11. The van der Waals surface area contributed by atoms with Gasteiger partial charge < -0.3 is 0 Å². The third kappa shape index (κ3) is 3.50. The van der Waals surface area contributed by atoms with E-state index in [2.05, 4.69) is 48.0 Å². The fraction of sp³-hybridized carbons (Fsp3) is 0.318. The molecule has 2 aromatic carbocycles. The van der Waals surface area contributed by atoms with Crippen molar-refractivity contribution in [3.05, 3.63) is 65.8 Å². The molecule has 0 amide bonds. The van der Waals surface area contributed by atoms with Crippen molar-refractivity contribution in [1.29, 1.82) is 0 Å². The average molecular weight is 556 g/mol. The van der Waals surface area contributed by atoms with Gasteiger partial charge in [0.25, 0.3) is 0 Å². The first-order valence-corrected chi connectivity index (χ1v) is 12.9. The third-order valence-electron chi connectivity index (χ3n) is 4.45. The summed E-state index contributed by atoms with van der Waals surface area (Å²) >= 11 is 1.24.